The van der Waals surface area contributed by atoms with Gasteiger partial charge >= 0.3 is 0 Å². The Labute approximate surface area is 160 Å². The molecule has 0 spiro atoms. The van der Waals surface area contributed by atoms with Crippen LogP contribution in [-0.2, 0) is 14.8 Å². The van der Waals surface area contributed by atoms with Crippen molar-refractivity contribution in [2.24, 2.45) is 5.92 Å². The summed E-state index contributed by atoms with van der Waals surface area (Å²) < 4.78 is 40.5. The van der Waals surface area contributed by atoms with E-state index < -0.39 is 21.7 Å². The average molecular weight is 392 g/mol. The van der Waals surface area contributed by atoms with E-state index in [4.69, 9.17) is 0 Å². The second-order valence-corrected chi connectivity index (χ2v) is 8.70. The molecule has 2 aromatic rings. The maximum Gasteiger partial charge on any atom is 0.264 e. The minimum Gasteiger partial charge on any atom is -0.355 e. The van der Waals surface area contributed by atoms with Crippen LogP contribution in [0.1, 0.15) is 25.8 Å². The Morgan fingerprint density at radius 1 is 1.07 bits per heavy atom. The summed E-state index contributed by atoms with van der Waals surface area (Å²) >= 11 is 0. The van der Waals surface area contributed by atoms with Gasteiger partial charge in [-0.1, -0.05) is 31.5 Å². The highest BCUT2D eigenvalue weighted by Crippen LogP contribution is 2.24. The Kier molecular flexibility index (Phi) is 6.96. The molecule has 7 heteroatoms. The summed E-state index contributed by atoms with van der Waals surface area (Å²) in [7, 11) is -3.97. The molecule has 1 amide bonds. The monoisotopic (exact) mass is 392 g/mol. The van der Waals surface area contributed by atoms with Crippen molar-refractivity contribution in [2.75, 3.05) is 17.4 Å². The second-order valence-electron chi connectivity index (χ2n) is 6.83. The van der Waals surface area contributed by atoms with E-state index in [0.717, 1.165) is 16.3 Å². The molecule has 2 rings (SSSR count). The minimum atomic E-state index is -3.97. The lowest BCUT2D eigenvalue weighted by Crippen LogP contribution is -2.41. The van der Waals surface area contributed by atoms with E-state index in [9.17, 15) is 17.6 Å². The molecule has 0 aliphatic heterocycles. The number of benzene rings is 2. The van der Waals surface area contributed by atoms with E-state index >= 15 is 0 Å². The zero-order chi connectivity index (χ0) is 20.0. The second kappa shape index (κ2) is 8.99. The van der Waals surface area contributed by atoms with E-state index in [0.29, 0.717) is 12.5 Å². The molecule has 0 atom stereocenters. The first-order valence-corrected chi connectivity index (χ1v) is 10.3. The van der Waals surface area contributed by atoms with Crippen LogP contribution in [0.25, 0.3) is 0 Å². The molecule has 0 aliphatic rings. The third-order valence-electron chi connectivity index (χ3n) is 4.05. The van der Waals surface area contributed by atoms with Gasteiger partial charge in [0.15, 0.2) is 0 Å². The van der Waals surface area contributed by atoms with Gasteiger partial charge in [0.2, 0.25) is 5.91 Å². The predicted molar refractivity (Wildman–Crippen MR) is 105 cm³/mol. The van der Waals surface area contributed by atoms with Crippen molar-refractivity contribution in [2.45, 2.75) is 32.1 Å². The molecule has 0 fully saturated rings. The van der Waals surface area contributed by atoms with Crippen LogP contribution < -0.4 is 9.62 Å². The number of carbonyl (C=O) groups excluding carboxylic acids is 1. The van der Waals surface area contributed by atoms with Gasteiger partial charge in [0, 0.05) is 6.54 Å². The normalized spacial score (nSPS) is 11.4. The minimum absolute atomic E-state index is 0.0763. The van der Waals surface area contributed by atoms with Crippen molar-refractivity contribution in [1.82, 2.24) is 5.32 Å². The molecular weight excluding hydrogens is 367 g/mol. The third-order valence-corrected chi connectivity index (χ3v) is 5.84. The lowest BCUT2D eigenvalue weighted by Gasteiger charge is -2.24. The zero-order valence-corrected chi connectivity index (χ0v) is 16.6. The molecule has 146 valence electrons. The Balaban J connectivity index is 2.30. The first kappa shape index (κ1) is 20.9. The molecule has 2 aromatic carbocycles. The number of nitrogens with zero attached hydrogens (tertiary/aromatic N) is 1. The lowest BCUT2D eigenvalue weighted by molar-refractivity contribution is -0.119. The van der Waals surface area contributed by atoms with Crippen LogP contribution in [-0.4, -0.2) is 27.4 Å². The Morgan fingerprint density at radius 3 is 2.22 bits per heavy atom. The molecular formula is C20H25FN2O3S. The summed E-state index contributed by atoms with van der Waals surface area (Å²) in [6.45, 7) is 6.03. The quantitative estimate of drug-likeness (QED) is 0.748. The van der Waals surface area contributed by atoms with Crippen LogP contribution in [0.4, 0.5) is 10.1 Å². The average Bonchev–Trinajstić information content (AvgIpc) is 2.60. The molecule has 0 unspecified atom stereocenters. The molecule has 5 nitrogen and oxygen atoms in total. The number of rotatable bonds is 8. The molecule has 27 heavy (non-hydrogen) atoms. The predicted octanol–water partition coefficient (Wildman–Crippen LogP) is 3.49. The van der Waals surface area contributed by atoms with Crippen molar-refractivity contribution < 1.29 is 17.6 Å². The number of nitrogens with one attached hydrogen (secondary N) is 1. The SMILES string of the molecule is Cc1ccc(S(=O)(=O)N(CC(=O)NCCC(C)C)c2ccc(F)cc2)cc1. The van der Waals surface area contributed by atoms with E-state index in [-0.39, 0.29) is 17.1 Å². The number of hydrogen-bond acceptors (Lipinski definition) is 3. The molecule has 0 heterocycles. The summed E-state index contributed by atoms with van der Waals surface area (Å²) in [6, 6.07) is 11.4. The zero-order valence-electron chi connectivity index (χ0n) is 15.8. The number of sulfonamides is 1. The third kappa shape index (κ3) is 5.79. The molecule has 0 saturated heterocycles. The molecule has 1 N–H and O–H groups in total. The Morgan fingerprint density at radius 2 is 1.67 bits per heavy atom. The largest absolute Gasteiger partial charge is 0.355 e. The van der Waals surface area contributed by atoms with Crippen LogP contribution >= 0.6 is 0 Å². The van der Waals surface area contributed by atoms with Crippen molar-refractivity contribution >= 4 is 21.6 Å². The van der Waals surface area contributed by atoms with Gasteiger partial charge in [-0.3, -0.25) is 9.10 Å². The van der Waals surface area contributed by atoms with Crippen molar-refractivity contribution in [3.63, 3.8) is 0 Å². The number of anilines is 1. The molecule has 0 aliphatic carbocycles. The van der Waals surface area contributed by atoms with Gasteiger partial charge in [-0.25, -0.2) is 12.8 Å². The number of aryl methyl sites for hydroxylation is 1. The fourth-order valence-corrected chi connectivity index (χ4v) is 3.87. The fraction of sp³-hybridized carbons (Fsp3) is 0.350. The first-order valence-electron chi connectivity index (χ1n) is 8.82. The molecule has 0 aromatic heterocycles. The van der Waals surface area contributed by atoms with Crippen molar-refractivity contribution in [3.05, 3.63) is 59.9 Å². The topological polar surface area (TPSA) is 66.5 Å². The number of hydrogen-bond donors (Lipinski definition) is 1. The van der Waals surface area contributed by atoms with E-state index in [1.807, 2.05) is 20.8 Å². The van der Waals surface area contributed by atoms with Crippen LogP contribution in [0.3, 0.4) is 0 Å². The van der Waals surface area contributed by atoms with E-state index in [1.54, 1.807) is 12.1 Å². The van der Waals surface area contributed by atoms with Crippen molar-refractivity contribution in [1.29, 1.82) is 0 Å². The maximum atomic E-state index is 13.3. The number of halogens is 1. The van der Waals surface area contributed by atoms with Crippen LogP contribution in [0, 0.1) is 18.7 Å². The van der Waals surface area contributed by atoms with Gasteiger partial charge in [-0.2, -0.15) is 0 Å². The highest BCUT2D eigenvalue weighted by Gasteiger charge is 2.27. The van der Waals surface area contributed by atoms with Crippen molar-refractivity contribution in [3.8, 4) is 0 Å². The number of carbonyl (C=O) groups is 1. The molecule has 0 radical (unpaired) electrons. The van der Waals surface area contributed by atoms with Crippen LogP contribution in [0.2, 0.25) is 0 Å². The van der Waals surface area contributed by atoms with Crippen LogP contribution in [0.5, 0.6) is 0 Å². The summed E-state index contributed by atoms with van der Waals surface area (Å²) in [5.41, 5.74) is 1.16. The van der Waals surface area contributed by atoms with Gasteiger partial charge in [0.25, 0.3) is 10.0 Å². The molecule has 0 bridgehead atoms. The molecule has 0 saturated carbocycles. The highest BCUT2D eigenvalue weighted by atomic mass is 32.2. The maximum absolute atomic E-state index is 13.3. The summed E-state index contributed by atoms with van der Waals surface area (Å²) in [5, 5.41) is 2.74. The summed E-state index contributed by atoms with van der Waals surface area (Å²) in [4.78, 5) is 12.4. The van der Waals surface area contributed by atoms with E-state index in [2.05, 4.69) is 5.32 Å². The summed E-state index contributed by atoms with van der Waals surface area (Å²) in [5.74, 6) is -0.460. The van der Waals surface area contributed by atoms with Gasteiger partial charge in [-0.15, -0.1) is 0 Å². The smallest absolute Gasteiger partial charge is 0.264 e. The van der Waals surface area contributed by atoms with E-state index in [1.165, 1.54) is 36.4 Å². The Hall–Kier alpha value is -2.41. The Bertz CT molecular complexity index is 863. The standard InChI is InChI=1S/C20H25FN2O3S/c1-15(2)12-13-22-20(24)14-23(18-8-6-17(21)7-9-18)27(25,26)19-10-4-16(3)5-11-19/h4-11,15H,12-14H2,1-3H3,(H,22,24). The first-order chi connectivity index (χ1) is 12.7. The van der Waals surface area contributed by atoms with Gasteiger partial charge in [0.05, 0.1) is 10.6 Å². The summed E-state index contributed by atoms with van der Waals surface area (Å²) in [6.07, 6.45) is 0.799. The van der Waals surface area contributed by atoms with Crippen LogP contribution in [0.15, 0.2) is 53.4 Å². The fourth-order valence-electron chi connectivity index (χ4n) is 2.45. The lowest BCUT2D eigenvalue weighted by atomic mass is 10.1. The highest BCUT2D eigenvalue weighted by molar-refractivity contribution is 7.92. The van der Waals surface area contributed by atoms with Gasteiger partial charge < -0.3 is 5.32 Å². The van der Waals surface area contributed by atoms with Gasteiger partial charge in [-0.05, 0) is 55.7 Å². The van der Waals surface area contributed by atoms with Gasteiger partial charge in [0.1, 0.15) is 12.4 Å². The number of amides is 1.